The number of nitrogens with zero attached hydrogens (tertiary/aromatic N) is 1. The second-order valence-electron chi connectivity index (χ2n) is 3.22. The Morgan fingerprint density at radius 1 is 1.35 bits per heavy atom. The number of rotatable bonds is 4. The lowest BCUT2D eigenvalue weighted by atomic mass is 10.5. The first kappa shape index (κ1) is 13.6. The van der Waals surface area contributed by atoms with Crippen molar-refractivity contribution >= 4 is 25.7 Å². The molecule has 0 fully saturated rings. The van der Waals surface area contributed by atoms with Gasteiger partial charge in [-0.05, 0) is 0 Å². The molecule has 1 rings (SSSR count). The second kappa shape index (κ2) is 4.45. The number of hydrogen-bond donors (Lipinski definition) is 2. The lowest BCUT2D eigenvalue weighted by molar-refractivity contribution is 0.591. The van der Waals surface area contributed by atoms with Crippen molar-refractivity contribution in [1.29, 1.82) is 0 Å². The number of H-pyrrole nitrogens is 1. The van der Waals surface area contributed by atoms with Gasteiger partial charge in [0.1, 0.15) is 0 Å². The van der Waals surface area contributed by atoms with Crippen LogP contribution < -0.4 is 10.2 Å². The largest absolute Gasteiger partial charge is 0.286 e. The maximum absolute atomic E-state index is 11.4. The lowest BCUT2D eigenvalue weighted by Crippen LogP contribution is -2.21. The zero-order chi connectivity index (χ0) is 13.3. The molecule has 0 aliphatic rings. The second-order valence-corrected chi connectivity index (χ2v) is 7.22. The minimum atomic E-state index is -3.64. The summed E-state index contributed by atoms with van der Waals surface area (Å²) < 4.78 is 46.4. The number of aromatic nitrogens is 2. The van der Waals surface area contributed by atoms with E-state index >= 15 is 0 Å². The van der Waals surface area contributed by atoms with Gasteiger partial charge in [0.25, 0.3) is 0 Å². The maximum atomic E-state index is 11.4. The molecule has 1 aromatic heterocycles. The fourth-order valence-corrected chi connectivity index (χ4v) is 2.23. The predicted molar refractivity (Wildman–Crippen MR) is 61.1 cm³/mol. The van der Waals surface area contributed by atoms with Crippen molar-refractivity contribution in [3.63, 3.8) is 0 Å². The zero-order valence-corrected chi connectivity index (χ0v) is 10.7. The van der Waals surface area contributed by atoms with Gasteiger partial charge in [-0.25, -0.2) is 16.8 Å². The van der Waals surface area contributed by atoms with Gasteiger partial charge < -0.3 is 0 Å². The van der Waals surface area contributed by atoms with E-state index in [4.69, 9.17) is 0 Å². The Hall–Kier alpha value is -1.42. The molecule has 0 atom stereocenters. The summed E-state index contributed by atoms with van der Waals surface area (Å²) in [6.45, 7) is 1.41. The van der Waals surface area contributed by atoms with Gasteiger partial charge in [-0.3, -0.25) is 14.6 Å². The van der Waals surface area contributed by atoms with Gasteiger partial charge >= 0.3 is 0 Å². The fourth-order valence-electron chi connectivity index (χ4n) is 0.949. The normalized spacial score (nSPS) is 12.4. The van der Waals surface area contributed by atoms with Gasteiger partial charge in [-0.1, -0.05) is 6.92 Å². The molecular weight excluding hydrogens is 270 g/mol. The third-order valence-electron chi connectivity index (χ3n) is 1.77. The van der Waals surface area contributed by atoms with Crippen LogP contribution in [0.5, 0.6) is 0 Å². The summed E-state index contributed by atoms with van der Waals surface area (Å²) in [5.41, 5.74) is -0.818. The van der Waals surface area contributed by atoms with Crippen molar-refractivity contribution in [2.24, 2.45) is 0 Å². The van der Waals surface area contributed by atoms with Crippen LogP contribution in [0.3, 0.4) is 0 Å². The van der Waals surface area contributed by atoms with Crippen LogP contribution in [0.4, 0.5) is 5.82 Å². The number of anilines is 1. The Bertz CT molecular complexity index is 674. The molecule has 0 amide bonds. The topological polar surface area (TPSA) is 126 Å². The van der Waals surface area contributed by atoms with E-state index in [0.29, 0.717) is 0 Å². The Kier molecular flexibility index (Phi) is 3.57. The van der Waals surface area contributed by atoms with E-state index in [1.165, 1.54) is 6.92 Å². The van der Waals surface area contributed by atoms with E-state index < -0.39 is 31.1 Å². The summed E-state index contributed by atoms with van der Waals surface area (Å²) >= 11 is 0. The van der Waals surface area contributed by atoms with E-state index in [-0.39, 0.29) is 10.8 Å². The average molecular weight is 281 g/mol. The van der Waals surface area contributed by atoms with Crippen molar-refractivity contribution in [2.45, 2.75) is 11.9 Å². The number of nitrogens with one attached hydrogen (secondary N) is 2. The molecule has 1 aromatic rings. The van der Waals surface area contributed by atoms with E-state index in [0.717, 1.165) is 12.3 Å². The molecule has 0 saturated heterocycles. The third-order valence-corrected chi connectivity index (χ3v) is 3.97. The zero-order valence-electron chi connectivity index (χ0n) is 9.09. The molecule has 0 saturated carbocycles. The highest BCUT2D eigenvalue weighted by atomic mass is 32.2. The summed E-state index contributed by atoms with van der Waals surface area (Å²) in [5, 5.41) is 5.15. The molecule has 0 spiro atoms. The molecule has 8 nitrogen and oxygen atoms in total. The monoisotopic (exact) mass is 281 g/mol. The smallest absolute Gasteiger partial charge is 0.231 e. The predicted octanol–water partition coefficient (Wildman–Crippen LogP) is -1.06. The molecule has 96 valence electrons. The van der Waals surface area contributed by atoms with Gasteiger partial charge in [0.15, 0.2) is 14.9 Å². The summed E-state index contributed by atoms with van der Waals surface area (Å²) in [7, 11) is -7.21. The van der Waals surface area contributed by atoms with Gasteiger partial charge in [-0.15, -0.1) is 0 Å². The van der Waals surface area contributed by atoms with Crippen molar-refractivity contribution in [2.75, 3.05) is 16.7 Å². The minimum absolute atomic E-state index is 0.191. The lowest BCUT2D eigenvalue weighted by Gasteiger charge is -2.03. The quantitative estimate of drug-likeness (QED) is 0.724. The molecule has 0 unspecified atom stereocenters. The maximum Gasteiger partial charge on any atom is 0.231 e. The highest BCUT2D eigenvalue weighted by Crippen LogP contribution is 2.05. The molecule has 0 aromatic carbocycles. The highest BCUT2D eigenvalue weighted by Gasteiger charge is 2.16. The first-order valence-corrected chi connectivity index (χ1v) is 8.00. The third kappa shape index (κ3) is 3.53. The Morgan fingerprint density at radius 3 is 2.35 bits per heavy atom. The van der Waals surface area contributed by atoms with Crippen LogP contribution in [0.2, 0.25) is 0 Å². The molecule has 1 heterocycles. The van der Waals surface area contributed by atoms with Crippen molar-refractivity contribution in [3.8, 4) is 0 Å². The Morgan fingerprint density at radius 2 is 1.94 bits per heavy atom. The molecule has 0 aliphatic heterocycles. The van der Waals surface area contributed by atoms with Crippen LogP contribution >= 0.6 is 0 Å². The highest BCUT2D eigenvalue weighted by molar-refractivity contribution is 7.92. The van der Waals surface area contributed by atoms with Crippen LogP contribution in [0.25, 0.3) is 0 Å². The number of aromatic amines is 1. The summed E-state index contributed by atoms with van der Waals surface area (Å²) in [5.74, 6) is -0.661. The first-order chi connectivity index (χ1) is 7.65. The van der Waals surface area contributed by atoms with E-state index in [9.17, 15) is 21.6 Å². The summed E-state index contributed by atoms with van der Waals surface area (Å²) in [6, 6.07) is 0.791. The van der Waals surface area contributed by atoms with Crippen molar-refractivity contribution in [3.05, 3.63) is 16.3 Å². The fraction of sp³-hybridized carbons (Fsp3) is 0.429. The minimum Gasteiger partial charge on any atom is -0.286 e. The van der Waals surface area contributed by atoms with Gasteiger partial charge in [0, 0.05) is 6.07 Å². The molecule has 10 heteroatoms. The molecule has 17 heavy (non-hydrogen) atoms. The Balaban J connectivity index is 3.25. The SMILES string of the molecule is CCS(=O)(=O)c1cc(=O)c(NS(C)(=O)=O)n[nH]1. The van der Waals surface area contributed by atoms with Gasteiger partial charge in [0.05, 0.1) is 12.0 Å². The van der Waals surface area contributed by atoms with Crippen LogP contribution in [-0.2, 0) is 19.9 Å². The van der Waals surface area contributed by atoms with E-state index in [2.05, 4.69) is 10.2 Å². The van der Waals surface area contributed by atoms with Gasteiger partial charge in [0.2, 0.25) is 21.3 Å². The van der Waals surface area contributed by atoms with Crippen LogP contribution in [0, 0.1) is 0 Å². The number of sulfone groups is 1. The Labute approximate surface area is 98.0 Å². The summed E-state index contributed by atoms with van der Waals surface area (Å²) in [4.78, 5) is 11.4. The van der Waals surface area contributed by atoms with E-state index in [1.54, 1.807) is 0 Å². The van der Waals surface area contributed by atoms with Crippen molar-refractivity contribution < 1.29 is 16.8 Å². The molecule has 0 bridgehead atoms. The molecule has 2 N–H and O–H groups in total. The molecule has 0 radical (unpaired) electrons. The summed E-state index contributed by atoms with van der Waals surface area (Å²) in [6.07, 6.45) is 0.852. The van der Waals surface area contributed by atoms with Crippen LogP contribution in [-0.4, -0.2) is 39.0 Å². The first-order valence-electron chi connectivity index (χ1n) is 4.46. The van der Waals surface area contributed by atoms with Gasteiger partial charge in [-0.2, -0.15) is 5.10 Å². The van der Waals surface area contributed by atoms with Crippen molar-refractivity contribution in [1.82, 2.24) is 10.2 Å². The van der Waals surface area contributed by atoms with Crippen LogP contribution in [0.1, 0.15) is 6.92 Å². The molecule has 0 aliphatic carbocycles. The average Bonchev–Trinajstić information content (AvgIpc) is 2.19. The van der Waals surface area contributed by atoms with Crippen LogP contribution in [0.15, 0.2) is 15.9 Å². The van der Waals surface area contributed by atoms with E-state index in [1.807, 2.05) is 4.72 Å². The molecular formula is C7H11N3O5S2. The number of hydrogen-bond acceptors (Lipinski definition) is 6. The standard InChI is InChI=1S/C7H11N3O5S2/c1-3-17(14,15)6-4-5(11)7(9-8-6)10-16(2,12)13/h4H,3H2,1-2H3,(H,8,11)(H,9,10). The number of sulfonamides is 1.